The van der Waals surface area contributed by atoms with Gasteiger partial charge in [0.1, 0.15) is 5.01 Å². The van der Waals surface area contributed by atoms with Gasteiger partial charge in [0, 0.05) is 0 Å². The second-order valence-electron chi connectivity index (χ2n) is 4.51. The molecule has 0 spiro atoms. The SMILES string of the molecule is CCc1nnc(NC(=O)[C@@H](CC)Oc2ccccc2OC)s1. The van der Waals surface area contributed by atoms with E-state index in [0.717, 1.165) is 11.4 Å². The van der Waals surface area contributed by atoms with Crippen molar-refractivity contribution in [1.82, 2.24) is 10.2 Å². The van der Waals surface area contributed by atoms with Crippen molar-refractivity contribution in [1.29, 1.82) is 0 Å². The van der Waals surface area contributed by atoms with Crippen LogP contribution in [0.3, 0.4) is 0 Å². The van der Waals surface area contributed by atoms with Crippen LogP contribution < -0.4 is 14.8 Å². The molecule has 2 rings (SSSR count). The molecule has 6 nitrogen and oxygen atoms in total. The summed E-state index contributed by atoms with van der Waals surface area (Å²) in [5, 5.41) is 12.0. The second kappa shape index (κ2) is 7.74. The van der Waals surface area contributed by atoms with Crippen LogP contribution in [0.15, 0.2) is 24.3 Å². The zero-order valence-corrected chi connectivity index (χ0v) is 13.6. The average molecular weight is 321 g/mol. The highest BCUT2D eigenvalue weighted by Crippen LogP contribution is 2.27. The molecule has 0 unspecified atom stereocenters. The number of rotatable bonds is 7. The Morgan fingerprint density at radius 2 is 2.00 bits per heavy atom. The van der Waals surface area contributed by atoms with Crippen LogP contribution in [-0.2, 0) is 11.2 Å². The minimum atomic E-state index is -0.620. The number of aryl methyl sites for hydroxylation is 1. The van der Waals surface area contributed by atoms with E-state index in [1.165, 1.54) is 11.3 Å². The Morgan fingerprint density at radius 3 is 2.59 bits per heavy atom. The number of ether oxygens (including phenoxy) is 2. The number of carbonyl (C=O) groups is 1. The number of methoxy groups -OCH3 is 1. The van der Waals surface area contributed by atoms with Crippen molar-refractivity contribution in [3.63, 3.8) is 0 Å². The Hall–Kier alpha value is -2.15. The number of nitrogens with zero attached hydrogens (tertiary/aromatic N) is 2. The van der Waals surface area contributed by atoms with Crippen molar-refractivity contribution in [2.75, 3.05) is 12.4 Å². The standard InChI is InChI=1S/C15H19N3O3S/c1-4-10(21-12-9-7-6-8-11(12)20-3)14(19)16-15-18-17-13(5-2)22-15/h6-10H,4-5H2,1-3H3,(H,16,18,19)/t10-/m1/s1. The van der Waals surface area contributed by atoms with Gasteiger partial charge in [0.2, 0.25) is 5.13 Å². The Bertz CT molecular complexity index is 630. The lowest BCUT2D eigenvalue weighted by atomic mass is 10.2. The van der Waals surface area contributed by atoms with E-state index in [0.29, 0.717) is 23.1 Å². The van der Waals surface area contributed by atoms with Crippen LogP contribution in [0.1, 0.15) is 25.3 Å². The second-order valence-corrected chi connectivity index (χ2v) is 5.57. The molecule has 1 amide bonds. The largest absolute Gasteiger partial charge is 0.493 e. The summed E-state index contributed by atoms with van der Waals surface area (Å²) in [5.41, 5.74) is 0. The number of benzene rings is 1. The predicted molar refractivity (Wildman–Crippen MR) is 85.6 cm³/mol. The van der Waals surface area contributed by atoms with E-state index in [1.807, 2.05) is 26.0 Å². The Balaban J connectivity index is 2.05. The third-order valence-electron chi connectivity index (χ3n) is 3.00. The molecule has 0 aliphatic carbocycles. The summed E-state index contributed by atoms with van der Waals surface area (Å²) in [6.07, 6.45) is 0.705. The van der Waals surface area contributed by atoms with Gasteiger partial charge in [0.25, 0.3) is 5.91 Å². The molecule has 7 heteroatoms. The quantitative estimate of drug-likeness (QED) is 0.849. The minimum Gasteiger partial charge on any atom is -0.493 e. The first kappa shape index (κ1) is 16.2. The maximum atomic E-state index is 12.3. The summed E-state index contributed by atoms with van der Waals surface area (Å²) in [4.78, 5) is 12.3. The topological polar surface area (TPSA) is 73.3 Å². The molecule has 1 heterocycles. The monoisotopic (exact) mass is 321 g/mol. The number of aromatic nitrogens is 2. The van der Waals surface area contributed by atoms with Gasteiger partial charge in [0.05, 0.1) is 7.11 Å². The molecule has 1 aromatic carbocycles. The Kier molecular flexibility index (Phi) is 5.71. The van der Waals surface area contributed by atoms with Gasteiger partial charge >= 0.3 is 0 Å². The van der Waals surface area contributed by atoms with Gasteiger partial charge in [-0.3, -0.25) is 10.1 Å². The number of anilines is 1. The van der Waals surface area contributed by atoms with Crippen LogP contribution in [0.4, 0.5) is 5.13 Å². The molecule has 22 heavy (non-hydrogen) atoms. The highest BCUT2D eigenvalue weighted by Gasteiger charge is 2.21. The lowest BCUT2D eigenvalue weighted by Gasteiger charge is -2.18. The van der Waals surface area contributed by atoms with Crippen molar-refractivity contribution in [3.05, 3.63) is 29.3 Å². The molecule has 0 aliphatic rings. The maximum absolute atomic E-state index is 12.3. The van der Waals surface area contributed by atoms with Crippen molar-refractivity contribution in [2.24, 2.45) is 0 Å². The summed E-state index contributed by atoms with van der Waals surface area (Å²) < 4.78 is 11.0. The minimum absolute atomic E-state index is 0.243. The zero-order chi connectivity index (χ0) is 15.9. The van der Waals surface area contributed by atoms with E-state index in [4.69, 9.17) is 9.47 Å². The molecule has 1 aromatic heterocycles. The Labute approximate surface area is 133 Å². The van der Waals surface area contributed by atoms with Crippen molar-refractivity contribution < 1.29 is 14.3 Å². The number of nitrogens with one attached hydrogen (secondary N) is 1. The molecule has 1 atom stereocenters. The number of para-hydroxylation sites is 2. The van der Waals surface area contributed by atoms with Crippen molar-refractivity contribution >= 4 is 22.4 Å². The van der Waals surface area contributed by atoms with E-state index >= 15 is 0 Å². The lowest BCUT2D eigenvalue weighted by Crippen LogP contribution is -2.32. The summed E-state index contributed by atoms with van der Waals surface area (Å²) in [7, 11) is 1.57. The highest BCUT2D eigenvalue weighted by atomic mass is 32.1. The predicted octanol–water partition coefficient (Wildman–Crippen LogP) is 2.91. The van der Waals surface area contributed by atoms with Gasteiger partial charge in [-0.05, 0) is 25.0 Å². The molecule has 0 saturated carbocycles. The molecule has 0 aliphatic heterocycles. The maximum Gasteiger partial charge on any atom is 0.267 e. The van der Waals surface area contributed by atoms with Gasteiger partial charge in [-0.1, -0.05) is 37.3 Å². The summed E-state index contributed by atoms with van der Waals surface area (Å²) in [5.74, 6) is 0.892. The number of carbonyl (C=O) groups excluding carboxylic acids is 1. The molecule has 2 aromatic rings. The summed E-state index contributed by atoms with van der Waals surface area (Å²) in [6, 6.07) is 7.24. The Morgan fingerprint density at radius 1 is 1.27 bits per heavy atom. The summed E-state index contributed by atoms with van der Waals surface area (Å²) >= 11 is 1.37. The lowest BCUT2D eigenvalue weighted by molar-refractivity contribution is -0.122. The van der Waals surface area contributed by atoms with Gasteiger partial charge in [0.15, 0.2) is 17.6 Å². The van der Waals surface area contributed by atoms with E-state index in [2.05, 4.69) is 15.5 Å². The van der Waals surface area contributed by atoms with Gasteiger partial charge < -0.3 is 9.47 Å². The van der Waals surface area contributed by atoms with Crippen LogP contribution in [0.5, 0.6) is 11.5 Å². The molecule has 0 bridgehead atoms. The molecule has 1 N–H and O–H groups in total. The van der Waals surface area contributed by atoms with Crippen LogP contribution in [0.2, 0.25) is 0 Å². The zero-order valence-electron chi connectivity index (χ0n) is 12.8. The highest BCUT2D eigenvalue weighted by molar-refractivity contribution is 7.15. The fourth-order valence-corrected chi connectivity index (χ4v) is 2.51. The fraction of sp³-hybridized carbons (Fsp3) is 0.400. The van der Waals surface area contributed by atoms with E-state index < -0.39 is 6.10 Å². The van der Waals surface area contributed by atoms with Crippen LogP contribution in [0.25, 0.3) is 0 Å². The molecular formula is C15H19N3O3S. The first-order valence-electron chi connectivity index (χ1n) is 7.10. The van der Waals surface area contributed by atoms with Gasteiger partial charge in [-0.15, -0.1) is 10.2 Å². The van der Waals surface area contributed by atoms with E-state index in [-0.39, 0.29) is 5.91 Å². The molecule has 118 valence electrons. The van der Waals surface area contributed by atoms with Crippen LogP contribution >= 0.6 is 11.3 Å². The van der Waals surface area contributed by atoms with Crippen LogP contribution in [0, 0.1) is 0 Å². The van der Waals surface area contributed by atoms with E-state index in [9.17, 15) is 4.79 Å². The average Bonchev–Trinajstić information content (AvgIpc) is 3.00. The number of hydrogen-bond acceptors (Lipinski definition) is 6. The first-order chi connectivity index (χ1) is 10.7. The van der Waals surface area contributed by atoms with E-state index in [1.54, 1.807) is 19.2 Å². The molecule has 0 saturated heterocycles. The number of hydrogen-bond donors (Lipinski definition) is 1. The molecule has 0 fully saturated rings. The fourth-order valence-electron chi connectivity index (χ4n) is 1.82. The third kappa shape index (κ3) is 3.94. The molecular weight excluding hydrogens is 302 g/mol. The number of amides is 1. The molecule has 0 radical (unpaired) electrons. The first-order valence-corrected chi connectivity index (χ1v) is 7.92. The van der Waals surface area contributed by atoms with Gasteiger partial charge in [-0.25, -0.2) is 0 Å². The van der Waals surface area contributed by atoms with Crippen LogP contribution in [-0.4, -0.2) is 29.3 Å². The third-order valence-corrected chi connectivity index (χ3v) is 3.98. The van der Waals surface area contributed by atoms with Gasteiger partial charge in [-0.2, -0.15) is 0 Å². The summed E-state index contributed by atoms with van der Waals surface area (Å²) in [6.45, 7) is 3.88. The van der Waals surface area contributed by atoms with Crippen molar-refractivity contribution in [2.45, 2.75) is 32.8 Å². The van der Waals surface area contributed by atoms with Crippen molar-refractivity contribution in [3.8, 4) is 11.5 Å². The normalized spacial score (nSPS) is 11.8. The smallest absolute Gasteiger partial charge is 0.267 e.